The molecule has 92 valence electrons. The number of carboxylic acids is 1. The van der Waals surface area contributed by atoms with E-state index in [1.54, 1.807) is 18.2 Å². The molecule has 0 bridgehead atoms. The smallest absolute Gasteiger partial charge is 0.306 e. The van der Waals surface area contributed by atoms with Crippen LogP contribution in [-0.2, 0) is 9.53 Å². The molecule has 0 aliphatic carbocycles. The van der Waals surface area contributed by atoms with Crippen molar-refractivity contribution in [3.8, 4) is 0 Å². The molecule has 0 saturated carbocycles. The average Bonchev–Trinajstić information content (AvgIpc) is 2.29. The zero-order valence-electron chi connectivity index (χ0n) is 9.30. The first-order valence-corrected chi connectivity index (χ1v) is 5.49. The molecular weight excluding hydrogens is 225 g/mol. The monoisotopic (exact) mass is 239 g/mol. The number of hydrogen-bond acceptors (Lipinski definition) is 3. The number of hydrogen-bond donors (Lipinski definition) is 1. The van der Waals surface area contributed by atoms with Crippen LogP contribution in [-0.4, -0.2) is 36.9 Å². The Morgan fingerprint density at radius 1 is 1.53 bits per heavy atom. The minimum Gasteiger partial charge on any atom is -0.481 e. The van der Waals surface area contributed by atoms with Gasteiger partial charge in [0.1, 0.15) is 5.82 Å². The highest BCUT2D eigenvalue weighted by atomic mass is 19.1. The Bertz CT molecular complexity index is 410. The first-order chi connectivity index (χ1) is 8.16. The normalized spacial score (nSPS) is 20.3. The maximum atomic E-state index is 13.6. The van der Waals surface area contributed by atoms with Crippen LogP contribution in [0.25, 0.3) is 0 Å². The number of anilines is 1. The summed E-state index contributed by atoms with van der Waals surface area (Å²) in [5.41, 5.74) is 0.506. The first kappa shape index (κ1) is 11.9. The fourth-order valence-corrected chi connectivity index (χ4v) is 1.96. The van der Waals surface area contributed by atoms with Gasteiger partial charge in [-0.25, -0.2) is 4.39 Å². The molecule has 0 radical (unpaired) electrons. The van der Waals surface area contributed by atoms with Gasteiger partial charge in [-0.05, 0) is 12.1 Å². The second-order valence-electron chi connectivity index (χ2n) is 3.99. The molecule has 1 unspecified atom stereocenters. The second kappa shape index (κ2) is 5.14. The molecule has 1 aromatic carbocycles. The molecule has 1 fully saturated rings. The number of morpholine rings is 1. The van der Waals surface area contributed by atoms with Crippen molar-refractivity contribution in [1.82, 2.24) is 0 Å². The molecule has 1 aliphatic rings. The number of aliphatic carboxylic acids is 1. The van der Waals surface area contributed by atoms with Crippen LogP contribution < -0.4 is 4.90 Å². The molecule has 17 heavy (non-hydrogen) atoms. The van der Waals surface area contributed by atoms with Gasteiger partial charge in [0.15, 0.2) is 0 Å². The number of ether oxygens (including phenoxy) is 1. The van der Waals surface area contributed by atoms with E-state index < -0.39 is 5.97 Å². The average molecular weight is 239 g/mol. The maximum Gasteiger partial charge on any atom is 0.306 e. The molecule has 5 heteroatoms. The highest BCUT2D eigenvalue weighted by Gasteiger charge is 2.24. The second-order valence-corrected chi connectivity index (χ2v) is 3.99. The molecule has 1 N–H and O–H groups in total. The maximum absolute atomic E-state index is 13.6. The minimum atomic E-state index is -0.898. The lowest BCUT2D eigenvalue weighted by Gasteiger charge is -2.34. The zero-order valence-corrected chi connectivity index (χ0v) is 9.30. The minimum absolute atomic E-state index is 0.0506. The first-order valence-electron chi connectivity index (χ1n) is 5.49. The van der Waals surface area contributed by atoms with Crippen LogP contribution in [0.4, 0.5) is 10.1 Å². The SMILES string of the molecule is O=C(O)CC1CN(c2ccccc2F)CCO1. The lowest BCUT2D eigenvalue weighted by Crippen LogP contribution is -2.43. The lowest BCUT2D eigenvalue weighted by molar-refractivity contribution is -0.140. The van der Waals surface area contributed by atoms with Gasteiger partial charge in [0.25, 0.3) is 0 Å². The van der Waals surface area contributed by atoms with Crippen LogP contribution in [0.15, 0.2) is 24.3 Å². The third-order valence-electron chi connectivity index (χ3n) is 2.73. The molecule has 0 amide bonds. The summed E-state index contributed by atoms with van der Waals surface area (Å²) in [4.78, 5) is 12.4. The van der Waals surface area contributed by atoms with Crippen molar-refractivity contribution < 1.29 is 19.0 Å². The molecule has 1 saturated heterocycles. The highest BCUT2D eigenvalue weighted by Crippen LogP contribution is 2.21. The van der Waals surface area contributed by atoms with E-state index in [9.17, 15) is 9.18 Å². The van der Waals surface area contributed by atoms with Crippen LogP contribution in [0.5, 0.6) is 0 Å². The van der Waals surface area contributed by atoms with Crippen molar-refractivity contribution in [3.63, 3.8) is 0 Å². The zero-order chi connectivity index (χ0) is 12.3. The van der Waals surface area contributed by atoms with Crippen LogP contribution in [0.3, 0.4) is 0 Å². The summed E-state index contributed by atoms with van der Waals surface area (Å²) in [5, 5.41) is 8.70. The van der Waals surface area contributed by atoms with Gasteiger partial charge in [-0.2, -0.15) is 0 Å². The third kappa shape index (κ3) is 2.94. The standard InChI is InChI=1S/C12H14FNO3/c13-10-3-1-2-4-11(10)14-5-6-17-9(8-14)7-12(15)16/h1-4,9H,5-8H2,(H,15,16). The van der Waals surface area contributed by atoms with Gasteiger partial charge in [0.2, 0.25) is 0 Å². The summed E-state index contributed by atoms with van der Waals surface area (Å²) < 4.78 is 18.9. The Balaban J connectivity index is 2.07. The van der Waals surface area contributed by atoms with E-state index in [4.69, 9.17) is 9.84 Å². The number of carboxylic acid groups (broad SMARTS) is 1. The molecule has 1 aliphatic heterocycles. The summed E-state index contributed by atoms with van der Waals surface area (Å²) in [6.45, 7) is 1.41. The number of halogens is 1. The van der Waals surface area contributed by atoms with Crippen molar-refractivity contribution >= 4 is 11.7 Å². The van der Waals surface area contributed by atoms with E-state index in [1.165, 1.54) is 6.07 Å². The third-order valence-corrected chi connectivity index (χ3v) is 2.73. The highest BCUT2D eigenvalue weighted by molar-refractivity contribution is 5.67. The van der Waals surface area contributed by atoms with E-state index >= 15 is 0 Å². The van der Waals surface area contributed by atoms with Crippen LogP contribution in [0.2, 0.25) is 0 Å². The van der Waals surface area contributed by atoms with Crippen molar-refractivity contribution in [1.29, 1.82) is 0 Å². The fourth-order valence-electron chi connectivity index (χ4n) is 1.96. The number of carbonyl (C=O) groups is 1. The number of benzene rings is 1. The lowest BCUT2D eigenvalue weighted by atomic mass is 10.2. The topological polar surface area (TPSA) is 49.8 Å². The Morgan fingerprint density at radius 3 is 3.00 bits per heavy atom. The van der Waals surface area contributed by atoms with Gasteiger partial charge in [-0.1, -0.05) is 12.1 Å². The van der Waals surface area contributed by atoms with E-state index in [2.05, 4.69) is 0 Å². The van der Waals surface area contributed by atoms with E-state index in [0.29, 0.717) is 25.4 Å². The summed E-state index contributed by atoms with van der Waals surface area (Å²) in [6.07, 6.45) is -0.425. The van der Waals surface area contributed by atoms with E-state index in [-0.39, 0.29) is 18.3 Å². The largest absolute Gasteiger partial charge is 0.481 e. The van der Waals surface area contributed by atoms with Gasteiger partial charge < -0.3 is 14.7 Å². The molecule has 2 rings (SSSR count). The Hall–Kier alpha value is -1.62. The summed E-state index contributed by atoms with van der Waals surface area (Å²) >= 11 is 0. The molecule has 0 aromatic heterocycles. The van der Waals surface area contributed by atoms with Crippen molar-refractivity contribution in [2.75, 3.05) is 24.6 Å². The van der Waals surface area contributed by atoms with Gasteiger partial charge in [0.05, 0.1) is 24.8 Å². The van der Waals surface area contributed by atoms with Crippen molar-refractivity contribution in [3.05, 3.63) is 30.1 Å². The molecule has 4 nitrogen and oxygen atoms in total. The summed E-state index contributed by atoms with van der Waals surface area (Å²) in [5.74, 6) is -1.19. The van der Waals surface area contributed by atoms with E-state index in [1.807, 2.05) is 4.90 Å². The van der Waals surface area contributed by atoms with Gasteiger partial charge in [-0.3, -0.25) is 4.79 Å². The quantitative estimate of drug-likeness (QED) is 0.868. The van der Waals surface area contributed by atoms with Gasteiger partial charge >= 0.3 is 5.97 Å². The Kier molecular flexibility index (Phi) is 3.58. The molecule has 1 heterocycles. The number of rotatable bonds is 3. The number of para-hydroxylation sites is 1. The van der Waals surface area contributed by atoms with Gasteiger partial charge in [0, 0.05) is 13.1 Å². The van der Waals surface area contributed by atoms with Crippen molar-refractivity contribution in [2.24, 2.45) is 0 Å². The molecule has 1 atom stereocenters. The van der Waals surface area contributed by atoms with Crippen LogP contribution in [0, 0.1) is 5.82 Å². The van der Waals surface area contributed by atoms with E-state index in [0.717, 1.165) is 0 Å². The Morgan fingerprint density at radius 2 is 2.29 bits per heavy atom. The van der Waals surface area contributed by atoms with Crippen molar-refractivity contribution in [2.45, 2.75) is 12.5 Å². The predicted molar refractivity (Wildman–Crippen MR) is 60.6 cm³/mol. The molecular formula is C12H14FNO3. The number of nitrogens with zero attached hydrogens (tertiary/aromatic N) is 1. The molecule has 1 aromatic rings. The van der Waals surface area contributed by atoms with Gasteiger partial charge in [-0.15, -0.1) is 0 Å². The summed E-state index contributed by atoms with van der Waals surface area (Å²) in [7, 11) is 0. The van der Waals surface area contributed by atoms with Crippen LogP contribution in [0.1, 0.15) is 6.42 Å². The fraction of sp³-hybridized carbons (Fsp3) is 0.417. The Labute approximate surface area is 98.6 Å². The van der Waals surface area contributed by atoms with Crippen LogP contribution >= 0.6 is 0 Å². The molecule has 0 spiro atoms. The summed E-state index contributed by atoms with van der Waals surface area (Å²) in [6, 6.07) is 6.49. The predicted octanol–water partition coefficient (Wildman–Crippen LogP) is 1.51.